The number of halogens is 1. The Kier molecular flexibility index (Phi) is 3.88. The first kappa shape index (κ1) is 11.8. The first-order valence-corrected chi connectivity index (χ1v) is 4.99. The molecule has 1 rings (SSSR count). The number of phenolic OH excluding ortho intramolecular Hbond substituents is 1. The average molecular weight is 272 g/mol. The van der Waals surface area contributed by atoms with E-state index in [1.54, 1.807) is 6.07 Å². The van der Waals surface area contributed by atoms with E-state index in [0.717, 1.165) is 10.0 Å². The molecule has 0 amide bonds. The van der Waals surface area contributed by atoms with Crippen molar-refractivity contribution in [1.29, 1.82) is 0 Å². The zero-order valence-corrected chi connectivity index (χ0v) is 9.96. The minimum atomic E-state index is -0.00558. The van der Waals surface area contributed by atoms with Crippen LogP contribution in [0.5, 0.6) is 11.5 Å². The summed E-state index contributed by atoms with van der Waals surface area (Å²) in [5.74, 6) is 0.362. The third-order valence-electron chi connectivity index (χ3n) is 2.00. The summed E-state index contributed by atoms with van der Waals surface area (Å²) in [5.41, 5.74) is 1.43. The molecule has 15 heavy (non-hydrogen) atoms. The van der Waals surface area contributed by atoms with Gasteiger partial charge in [-0.05, 0) is 18.6 Å². The van der Waals surface area contributed by atoms with Gasteiger partial charge in [0, 0.05) is 10.0 Å². The van der Waals surface area contributed by atoms with Gasteiger partial charge >= 0.3 is 0 Å². The normalized spacial score (nSPS) is 9.53. The van der Waals surface area contributed by atoms with Crippen LogP contribution in [0, 0.1) is 6.92 Å². The Balaban J connectivity index is 3.32. The highest BCUT2D eigenvalue weighted by Crippen LogP contribution is 2.37. The van der Waals surface area contributed by atoms with Crippen molar-refractivity contribution in [2.24, 2.45) is 4.99 Å². The lowest BCUT2D eigenvalue weighted by molar-refractivity contribution is 0.370. The van der Waals surface area contributed by atoms with Crippen LogP contribution >= 0.6 is 15.9 Å². The molecule has 1 aromatic rings. The van der Waals surface area contributed by atoms with Crippen molar-refractivity contribution in [3.05, 3.63) is 21.7 Å². The maximum atomic E-state index is 10.0. The Bertz CT molecular complexity index is 425. The summed E-state index contributed by atoms with van der Waals surface area (Å²) in [6.45, 7) is 1.94. The maximum Gasteiger partial charge on any atom is 0.235 e. The fraction of sp³-hybridized carbons (Fsp3) is 0.300. The highest BCUT2D eigenvalue weighted by molar-refractivity contribution is 9.10. The Morgan fingerprint density at radius 3 is 2.87 bits per heavy atom. The Morgan fingerprint density at radius 2 is 2.33 bits per heavy atom. The van der Waals surface area contributed by atoms with Gasteiger partial charge in [0.05, 0.1) is 13.7 Å². The SMILES string of the molecule is COc1cc(C)c(Br)c(CN=C=O)c1O. The highest BCUT2D eigenvalue weighted by Gasteiger charge is 2.14. The molecule has 0 heterocycles. The number of benzene rings is 1. The number of hydrogen-bond acceptors (Lipinski definition) is 4. The lowest BCUT2D eigenvalue weighted by atomic mass is 10.1. The van der Waals surface area contributed by atoms with Crippen LogP contribution < -0.4 is 4.74 Å². The zero-order valence-electron chi connectivity index (χ0n) is 8.37. The van der Waals surface area contributed by atoms with Crippen LogP contribution in [0.2, 0.25) is 0 Å². The first-order valence-electron chi connectivity index (χ1n) is 4.20. The molecule has 0 saturated heterocycles. The van der Waals surface area contributed by atoms with Gasteiger partial charge in [-0.2, -0.15) is 0 Å². The fourth-order valence-corrected chi connectivity index (χ4v) is 1.66. The monoisotopic (exact) mass is 271 g/mol. The van der Waals surface area contributed by atoms with Crippen LogP contribution in [0.15, 0.2) is 15.5 Å². The molecule has 0 fully saturated rings. The first-order chi connectivity index (χ1) is 7.11. The third-order valence-corrected chi connectivity index (χ3v) is 3.10. The lowest BCUT2D eigenvalue weighted by Gasteiger charge is -2.11. The van der Waals surface area contributed by atoms with Crippen LogP contribution in [-0.4, -0.2) is 18.3 Å². The van der Waals surface area contributed by atoms with E-state index in [1.165, 1.54) is 13.2 Å². The molecule has 0 unspecified atom stereocenters. The summed E-state index contributed by atoms with van der Waals surface area (Å²) in [5, 5.41) is 9.78. The summed E-state index contributed by atoms with van der Waals surface area (Å²) < 4.78 is 5.71. The molecule has 0 aliphatic carbocycles. The molecular formula is C10H10BrNO3. The fourth-order valence-electron chi connectivity index (χ4n) is 1.23. The second-order valence-electron chi connectivity index (χ2n) is 2.94. The quantitative estimate of drug-likeness (QED) is 0.678. The molecule has 0 aromatic heterocycles. The van der Waals surface area contributed by atoms with Crippen LogP contribution in [-0.2, 0) is 11.3 Å². The summed E-state index contributed by atoms with van der Waals surface area (Å²) in [6.07, 6.45) is 1.43. The Hall–Kier alpha value is -1.32. The molecule has 0 atom stereocenters. The average Bonchev–Trinajstić information content (AvgIpc) is 2.23. The molecule has 80 valence electrons. The van der Waals surface area contributed by atoms with Gasteiger partial charge in [-0.3, -0.25) is 0 Å². The number of carbonyl (C=O) groups excluding carboxylic acids is 1. The number of ether oxygens (including phenoxy) is 1. The molecular weight excluding hydrogens is 262 g/mol. The number of hydrogen-bond donors (Lipinski definition) is 1. The molecule has 4 nitrogen and oxygen atoms in total. The number of isocyanates is 1. The minimum absolute atomic E-state index is 0.00558. The van der Waals surface area contributed by atoms with Crippen LogP contribution in [0.3, 0.4) is 0 Å². The van der Waals surface area contributed by atoms with Crippen LogP contribution in [0.1, 0.15) is 11.1 Å². The largest absolute Gasteiger partial charge is 0.504 e. The van der Waals surface area contributed by atoms with E-state index in [4.69, 9.17) is 4.74 Å². The number of rotatable bonds is 3. The van der Waals surface area contributed by atoms with Crippen LogP contribution in [0.25, 0.3) is 0 Å². The second-order valence-corrected chi connectivity index (χ2v) is 3.74. The molecule has 1 N–H and O–H groups in total. The molecule has 0 aliphatic rings. The predicted molar refractivity (Wildman–Crippen MR) is 58.9 cm³/mol. The third kappa shape index (κ3) is 2.37. The van der Waals surface area contributed by atoms with Crippen molar-refractivity contribution in [3.8, 4) is 11.5 Å². The van der Waals surface area contributed by atoms with Crippen LogP contribution in [0.4, 0.5) is 0 Å². The lowest BCUT2D eigenvalue weighted by Crippen LogP contribution is -1.93. The van der Waals surface area contributed by atoms with Crippen molar-refractivity contribution >= 4 is 22.0 Å². The van der Waals surface area contributed by atoms with E-state index in [2.05, 4.69) is 20.9 Å². The Labute approximate surface area is 95.7 Å². The van der Waals surface area contributed by atoms with Gasteiger partial charge in [-0.15, -0.1) is 0 Å². The summed E-state index contributed by atoms with van der Waals surface area (Å²) in [4.78, 5) is 13.4. The molecule has 0 saturated carbocycles. The van der Waals surface area contributed by atoms with Gasteiger partial charge in [-0.1, -0.05) is 15.9 Å². The topological polar surface area (TPSA) is 58.9 Å². The maximum absolute atomic E-state index is 10.0. The smallest absolute Gasteiger partial charge is 0.235 e. The number of aromatic hydroxyl groups is 1. The second kappa shape index (κ2) is 4.96. The number of methoxy groups -OCH3 is 1. The van der Waals surface area contributed by atoms with Crippen molar-refractivity contribution in [1.82, 2.24) is 0 Å². The van der Waals surface area contributed by atoms with Crippen molar-refractivity contribution in [3.63, 3.8) is 0 Å². The van der Waals surface area contributed by atoms with Crippen molar-refractivity contribution in [2.75, 3.05) is 7.11 Å². The summed E-state index contributed by atoms with van der Waals surface area (Å²) >= 11 is 3.32. The number of aliphatic imine (C=N–C) groups is 1. The van der Waals surface area contributed by atoms with Crippen molar-refractivity contribution in [2.45, 2.75) is 13.5 Å². The van der Waals surface area contributed by atoms with Gasteiger partial charge in [0.15, 0.2) is 11.5 Å². The van der Waals surface area contributed by atoms with Crippen molar-refractivity contribution < 1.29 is 14.6 Å². The van der Waals surface area contributed by atoms with E-state index in [0.29, 0.717) is 11.3 Å². The summed E-state index contributed by atoms with van der Waals surface area (Å²) in [7, 11) is 1.47. The van der Waals surface area contributed by atoms with Gasteiger partial charge in [0.25, 0.3) is 0 Å². The molecule has 0 aliphatic heterocycles. The standard InChI is InChI=1S/C10H10BrNO3/c1-6-3-8(15-2)10(14)7(9(6)11)4-12-5-13/h3,14H,4H2,1-2H3. The van der Waals surface area contributed by atoms with E-state index in [1.807, 2.05) is 6.92 Å². The predicted octanol–water partition coefficient (Wildman–Crippen LogP) is 2.31. The molecule has 1 aromatic carbocycles. The molecule has 0 spiro atoms. The number of aryl methyl sites for hydroxylation is 1. The minimum Gasteiger partial charge on any atom is -0.504 e. The molecule has 0 radical (unpaired) electrons. The zero-order chi connectivity index (χ0) is 11.4. The van der Waals surface area contributed by atoms with Gasteiger partial charge in [0.2, 0.25) is 6.08 Å². The van der Waals surface area contributed by atoms with Gasteiger partial charge in [0.1, 0.15) is 0 Å². The number of phenols is 1. The highest BCUT2D eigenvalue weighted by atomic mass is 79.9. The van der Waals surface area contributed by atoms with Gasteiger partial charge < -0.3 is 9.84 Å². The van der Waals surface area contributed by atoms with E-state index in [9.17, 15) is 9.90 Å². The van der Waals surface area contributed by atoms with E-state index < -0.39 is 0 Å². The number of nitrogens with zero attached hydrogens (tertiary/aromatic N) is 1. The van der Waals surface area contributed by atoms with E-state index >= 15 is 0 Å². The van der Waals surface area contributed by atoms with Gasteiger partial charge in [-0.25, -0.2) is 9.79 Å². The molecule has 5 heteroatoms. The van der Waals surface area contributed by atoms with E-state index in [-0.39, 0.29) is 12.3 Å². The molecule has 0 bridgehead atoms. The summed E-state index contributed by atoms with van der Waals surface area (Å²) in [6, 6.07) is 1.70. The Morgan fingerprint density at radius 1 is 1.67 bits per heavy atom.